The van der Waals surface area contributed by atoms with Gasteiger partial charge in [-0.05, 0) is 165 Å². The molecule has 0 radical (unpaired) electrons. The van der Waals surface area contributed by atoms with Gasteiger partial charge in [0.15, 0.2) is 23.0 Å². The number of likely N-dealkylation sites (tertiary alicyclic amines) is 4. The minimum absolute atomic E-state index is 0. The van der Waals surface area contributed by atoms with Gasteiger partial charge in [0, 0.05) is 26.2 Å². The van der Waals surface area contributed by atoms with Crippen LogP contribution in [0.1, 0.15) is 101 Å². The maximum absolute atomic E-state index is 6.44. The molecule has 6 rings (SSSR count). The molecule has 2 aromatic rings. The standard InChI is InChI=1S/C44H70N4O4.4ClH/c1-7-21-45(22-8-1)29-33-49-41-19-17-39(37-43(41)51-35-31-47-25-11-3-12-26-47)15-5-6-16-40-18-20-42(50-34-30-46-23-9-2-10-24-46)44(38-40)52-36-32-48-27-13-4-14-28-48;;;;/h17-20,37-38H,1-16,21-36H2;4*1H. The second kappa shape index (κ2) is 29.8. The Hall–Kier alpha value is -1.36. The Bertz CT molecular complexity index is 1190. The average molecular weight is 865 g/mol. The molecule has 4 aliphatic heterocycles. The van der Waals surface area contributed by atoms with Crippen LogP contribution in [0.25, 0.3) is 0 Å². The minimum atomic E-state index is 0. The molecule has 0 aromatic heterocycles. The molecule has 0 atom stereocenters. The van der Waals surface area contributed by atoms with Crippen molar-refractivity contribution >= 4 is 49.6 Å². The highest BCUT2D eigenvalue weighted by Gasteiger charge is 2.16. The first kappa shape index (κ1) is 50.8. The van der Waals surface area contributed by atoms with Crippen LogP contribution in [0.2, 0.25) is 0 Å². The van der Waals surface area contributed by atoms with Gasteiger partial charge in [-0.25, -0.2) is 0 Å². The predicted octanol–water partition coefficient (Wildman–Crippen LogP) is 9.40. The molecule has 4 saturated heterocycles. The molecule has 0 N–H and O–H groups in total. The minimum Gasteiger partial charge on any atom is -0.488 e. The van der Waals surface area contributed by atoms with Crippen molar-refractivity contribution in [1.29, 1.82) is 0 Å². The molecule has 0 saturated carbocycles. The van der Waals surface area contributed by atoms with Crippen molar-refractivity contribution in [3.05, 3.63) is 47.5 Å². The summed E-state index contributed by atoms with van der Waals surface area (Å²) in [5.74, 6) is 3.61. The van der Waals surface area contributed by atoms with E-state index in [1.54, 1.807) is 0 Å². The Balaban J connectivity index is 0.00000271. The van der Waals surface area contributed by atoms with Gasteiger partial charge in [0.1, 0.15) is 26.4 Å². The van der Waals surface area contributed by atoms with E-state index in [-0.39, 0.29) is 49.6 Å². The van der Waals surface area contributed by atoms with E-state index in [1.165, 1.54) is 141 Å². The zero-order chi connectivity index (χ0) is 35.5. The third-order valence-corrected chi connectivity index (χ3v) is 11.7. The second-order valence-corrected chi connectivity index (χ2v) is 15.8. The van der Waals surface area contributed by atoms with Crippen LogP contribution in [0.5, 0.6) is 23.0 Å². The van der Waals surface area contributed by atoms with E-state index in [1.807, 2.05) is 0 Å². The quantitative estimate of drug-likeness (QED) is 0.115. The summed E-state index contributed by atoms with van der Waals surface area (Å²) in [6.45, 7) is 16.4. The molecule has 0 bridgehead atoms. The lowest BCUT2D eigenvalue weighted by atomic mass is 10.0. The van der Waals surface area contributed by atoms with Crippen molar-refractivity contribution in [3.63, 3.8) is 0 Å². The third kappa shape index (κ3) is 18.3. The molecular formula is C44H74Cl4N4O4. The van der Waals surface area contributed by atoms with Crippen LogP contribution in [0.15, 0.2) is 36.4 Å². The molecule has 56 heavy (non-hydrogen) atoms. The highest BCUT2D eigenvalue weighted by molar-refractivity contribution is 5.86. The summed E-state index contributed by atoms with van der Waals surface area (Å²) >= 11 is 0. The van der Waals surface area contributed by atoms with Crippen LogP contribution >= 0.6 is 49.6 Å². The van der Waals surface area contributed by atoms with Gasteiger partial charge in [0.2, 0.25) is 0 Å². The van der Waals surface area contributed by atoms with Gasteiger partial charge in [-0.2, -0.15) is 0 Å². The Kier molecular flexibility index (Phi) is 27.0. The number of nitrogens with zero attached hydrogens (tertiary/aromatic N) is 4. The zero-order valence-corrected chi connectivity index (χ0v) is 37.4. The topological polar surface area (TPSA) is 49.9 Å². The molecule has 8 nitrogen and oxygen atoms in total. The van der Waals surface area contributed by atoms with Crippen LogP contribution in [0.3, 0.4) is 0 Å². The number of aryl methyl sites for hydroxylation is 2. The lowest BCUT2D eigenvalue weighted by molar-refractivity contribution is 0.168. The Morgan fingerprint density at radius 1 is 0.339 bits per heavy atom. The predicted molar refractivity (Wildman–Crippen MR) is 242 cm³/mol. The maximum Gasteiger partial charge on any atom is 0.161 e. The summed E-state index contributed by atoms with van der Waals surface area (Å²) in [7, 11) is 0. The Labute approximate surface area is 364 Å². The van der Waals surface area contributed by atoms with Gasteiger partial charge >= 0.3 is 0 Å². The maximum atomic E-state index is 6.44. The van der Waals surface area contributed by atoms with Crippen LogP contribution in [0.4, 0.5) is 0 Å². The van der Waals surface area contributed by atoms with Crippen molar-refractivity contribution in [1.82, 2.24) is 19.6 Å². The number of halogens is 4. The number of ether oxygens (including phenoxy) is 4. The fourth-order valence-corrected chi connectivity index (χ4v) is 8.41. The molecule has 4 aliphatic rings. The fourth-order valence-electron chi connectivity index (χ4n) is 8.41. The number of benzene rings is 2. The van der Waals surface area contributed by atoms with Gasteiger partial charge in [0.05, 0.1) is 0 Å². The van der Waals surface area contributed by atoms with Gasteiger partial charge in [0.25, 0.3) is 0 Å². The second-order valence-electron chi connectivity index (χ2n) is 15.8. The zero-order valence-electron chi connectivity index (χ0n) is 34.1. The van der Waals surface area contributed by atoms with Gasteiger partial charge < -0.3 is 18.9 Å². The van der Waals surface area contributed by atoms with Crippen molar-refractivity contribution in [2.45, 2.75) is 103 Å². The first-order chi connectivity index (χ1) is 25.8. The first-order valence-corrected chi connectivity index (χ1v) is 21.4. The summed E-state index contributed by atoms with van der Waals surface area (Å²) in [4.78, 5) is 10.2. The molecule has 0 unspecified atom stereocenters. The normalized spacial score (nSPS) is 18.4. The summed E-state index contributed by atoms with van der Waals surface area (Å²) in [5, 5.41) is 0. The highest BCUT2D eigenvalue weighted by atomic mass is 35.5. The smallest absolute Gasteiger partial charge is 0.161 e. The number of piperidine rings is 4. The molecule has 12 heteroatoms. The monoisotopic (exact) mass is 862 g/mol. The fraction of sp³-hybridized carbons (Fsp3) is 0.727. The van der Waals surface area contributed by atoms with E-state index in [9.17, 15) is 0 Å². The summed E-state index contributed by atoms with van der Waals surface area (Å²) in [6.07, 6.45) is 20.3. The van der Waals surface area contributed by atoms with Gasteiger partial charge in [-0.3, -0.25) is 19.6 Å². The SMILES string of the molecule is Cl.Cl.Cl.Cl.c1cc(OCCN2CCCCC2)c(OCCN2CCCCC2)cc1CCCCc1ccc(OCCN2CCCCC2)c(OCCN2CCCCC2)c1. The molecule has 4 heterocycles. The summed E-state index contributed by atoms with van der Waals surface area (Å²) < 4.78 is 25.6. The highest BCUT2D eigenvalue weighted by Crippen LogP contribution is 2.31. The van der Waals surface area contributed by atoms with Crippen molar-refractivity contribution in [3.8, 4) is 23.0 Å². The lowest BCUT2D eigenvalue weighted by Crippen LogP contribution is -2.33. The van der Waals surface area contributed by atoms with E-state index in [0.717, 1.165) is 74.9 Å². The van der Waals surface area contributed by atoms with E-state index in [2.05, 4.69) is 56.0 Å². The molecule has 0 aliphatic carbocycles. The van der Waals surface area contributed by atoms with Crippen LogP contribution in [0, 0.1) is 0 Å². The van der Waals surface area contributed by atoms with Crippen molar-refractivity contribution in [2.75, 3.05) is 105 Å². The number of rotatable bonds is 21. The number of hydrogen-bond acceptors (Lipinski definition) is 8. The summed E-state index contributed by atoms with van der Waals surface area (Å²) in [6, 6.07) is 13.3. The molecular weight excluding hydrogens is 790 g/mol. The third-order valence-electron chi connectivity index (χ3n) is 11.7. The van der Waals surface area contributed by atoms with Gasteiger partial charge in [-0.15, -0.1) is 49.6 Å². The number of hydrogen-bond donors (Lipinski definition) is 0. The lowest BCUT2D eigenvalue weighted by Gasteiger charge is -2.27. The molecule has 4 fully saturated rings. The summed E-state index contributed by atoms with van der Waals surface area (Å²) in [5.41, 5.74) is 2.66. The van der Waals surface area contributed by atoms with Crippen molar-refractivity contribution in [2.24, 2.45) is 0 Å². The van der Waals surface area contributed by atoms with Crippen LogP contribution in [-0.2, 0) is 12.8 Å². The molecule has 0 spiro atoms. The number of unbranched alkanes of at least 4 members (excludes halogenated alkanes) is 1. The van der Waals surface area contributed by atoms with E-state index >= 15 is 0 Å². The Morgan fingerprint density at radius 2 is 0.607 bits per heavy atom. The van der Waals surface area contributed by atoms with Gasteiger partial charge in [-0.1, -0.05) is 37.8 Å². The molecule has 322 valence electrons. The molecule has 2 aromatic carbocycles. The Morgan fingerprint density at radius 3 is 0.893 bits per heavy atom. The van der Waals surface area contributed by atoms with Crippen LogP contribution in [-0.4, -0.2) is 125 Å². The largest absolute Gasteiger partial charge is 0.488 e. The van der Waals surface area contributed by atoms with E-state index in [4.69, 9.17) is 18.9 Å². The molecule has 0 amide bonds. The first-order valence-electron chi connectivity index (χ1n) is 21.4. The van der Waals surface area contributed by atoms with Crippen LogP contribution < -0.4 is 18.9 Å². The van der Waals surface area contributed by atoms with E-state index in [0.29, 0.717) is 26.4 Å². The van der Waals surface area contributed by atoms with Crippen molar-refractivity contribution < 1.29 is 18.9 Å². The average Bonchev–Trinajstić information content (AvgIpc) is 3.19. The van der Waals surface area contributed by atoms with E-state index < -0.39 is 0 Å².